The molecule has 1 heterocycles. The molecular formula is C56H91NO10. The van der Waals surface area contributed by atoms with Gasteiger partial charge in [0.15, 0.2) is 12.4 Å². The summed E-state index contributed by atoms with van der Waals surface area (Å²) in [5.74, 6) is -1.30. The Labute approximate surface area is 405 Å². The molecule has 1 saturated heterocycles. The number of esters is 1. The molecule has 0 aliphatic carbocycles. The van der Waals surface area contributed by atoms with E-state index in [2.05, 4.69) is 50.4 Å². The smallest absolute Gasteiger partial charge is 0.306 e. The van der Waals surface area contributed by atoms with Gasteiger partial charge in [-0.1, -0.05) is 214 Å². The van der Waals surface area contributed by atoms with Gasteiger partial charge in [-0.25, -0.2) is 0 Å². The zero-order valence-electron chi connectivity index (χ0n) is 41.5. The highest BCUT2D eigenvalue weighted by Gasteiger charge is 2.47. The zero-order valence-corrected chi connectivity index (χ0v) is 41.5. The average molecular weight is 938 g/mol. The molecule has 6 N–H and O–H groups in total. The van der Waals surface area contributed by atoms with Crippen molar-refractivity contribution in [2.75, 3.05) is 13.2 Å². The molecule has 0 aromatic rings. The Balaban J connectivity index is 2.84. The van der Waals surface area contributed by atoms with Gasteiger partial charge in [0.25, 0.3) is 0 Å². The molecule has 1 aliphatic rings. The summed E-state index contributed by atoms with van der Waals surface area (Å²) in [5.41, 5.74) is 0. The highest BCUT2D eigenvalue weighted by Crippen LogP contribution is 2.26. The van der Waals surface area contributed by atoms with Gasteiger partial charge >= 0.3 is 5.97 Å². The average Bonchev–Trinajstić information content (AvgIpc) is 3.32. The van der Waals surface area contributed by atoms with Crippen molar-refractivity contribution in [1.82, 2.24) is 5.32 Å². The second-order valence-corrected chi connectivity index (χ2v) is 17.3. The minimum absolute atomic E-state index is 0.0196. The lowest BCUT2D eigenvalue weighted by Gasteiger charge is -2.41. The largest absolute Gasteiger partial charge is 0.454 e. The Hall–Kier alpha value is -3.68. The van der Waals surface area contributed by atoms with Crippen molar-refractivity contribution in [3.63, 3.8) is 0 Å². The summed E-state index contributed by atoms with van der Waals surface area (Å²) in [6.45, 7) is 5.40. The third-order valence-corrected chi connectivity index (χ3v) is 11.4. The molecule has 0 bridgehead atoms. The fourth-order valence-corrected chi connectivity index (χ4v) is 7.27. The van der Waals surface area contributed by atoms with Gasteiger partial charge in [0.2, 0.25) is 5.91 Å². The van der Waals surface area contributed by atoms with Gasteiger partial charge in [-0.3, -0.25) is 9.59 Å². The van der Waals surface area contributed by atoms with E-state index in [-0.39, 0.29) is 19.4 Å². The number of carbonyl (C=O) groups excluding carboxylic acids is 2. The fraction of sp³-hybridized carbons (Fsp3) is 0.643. The molecule has 1 fully saturated rings. The van der Waals surface area contributed by atoms with Crippen molar-refractivity contribution in [1.29, 1.82) is 0 Å². The molecule has 380 valence electrons. The van der Waals surface area contributed by atoms with E-state index in [1.165, 1.54) is 38.5 Å². The molecule has 0 aromatic carbocycles. The second kappa shape index (κ2) is 43.6. The standard InChI is InChI=1S/C56H91NO10/c1-4-7-10-13-16-19-22-24-26-28-31-34-37-40-43-49(60)55(64)57-47(48(59)42-39-36-33-30-27-21-18-15-12-9-6-3)46-65-56-54(53(63)52(62)50(45-58)66-56)67-51(61)44-41-38-35-32-29-25-23-20-17-14-11-8-5-2/h7-8,10-11,13-14,16-17,19-20,22-23,25,29,32,35,39,42,47-50,52-54,56,58-60,62-63H,4-6,9,12,15,18,21,24,26-28,30-31,33-34,36-38,40-41,43-46H2,1-3H3,(H,57,64)/b10-7+,11-8+,16-13+,17-14+,22-19+,23-20-,29-25-,35-32+,42-39+. The number of carbonyl (C=O) groups is 2. The number of allylic oxidation sites excluding steroid dienone is 17. The van der Waals surface area contributed by atoms with Crippen LogP contribution in [0.5, 0.6) is 0 Å². The van der Waals surface area contributed by atoms with Crippen LogP contribution in [0.2, 0.25) is 0 Å². The Morgan fingerprint density at radius 1 is 0.597 bits per heavy atom. The lowest BCUT2D eigenvalue weighted by molar-refractivity contribution is -0.305. The molecule has 0 aromatic heterocycles. The molecular weight excluding hydrogens is 847 g/mol. The van der Waals surface area contributed by atoms with Gasteiger partial charge in [-0.2, -0.15) is 0 Å². The van der Waals surface area contributed by atoms with Crippen LogP contribution >= 0.6 is 0 Å². The maximum absolute atomic E-state index is 13.3. The van der Waals surface area contributed by atoms with Gasteiger partial charge in [-0.15, -0.1) is 0 Å². The normalized spacial score (nSPS) is 21.0. The Morgan fingerprint density at radius 3 is 1.61 bits per heavy atom. The number of hydrogen-bond acceptors (Lipinski definition) is 10. The summed E-state index contributed by atoms with van der Waals surface area (Å²) < 4.78 is 17.4. The second-order valence-electron chi connectivity index (χ2n) is 17.3. The van der Waals surface area contributed by atoms with Crippen molar-refractivity contribution < 1.29 is 49.3 Å². The fourth-order valence-electron chi connectivity index (χ4n) is 7.27. The summed E-state index contributed by atoms with van der Waals surface area (Å²) in [4.78, 5) is 26.3. The van der Waals surface area contributed by atoms with Crippen LogP contribution < -0.4 is 5.32 Å². The highest BCUT2D eigenvalue weighted by atomic mass is 16.7. The van der Waals surface area contributed by atoms with Gasteiger partial charge in [0.05, 0.1) is 25.4 Å². The number of hydrogen-bond donors (Lipinski definition) is 6. The molecule has 11 heteroatoms. The van der Waals surface area contributed by atoms with Gasteiger partial charge in [0.1, 0.15) is 24.4 Å². The maximum Gasteiger partial charge on any atom is 0.306 e. The molecule has 8 unspecified atom stereocenters. The van der Waals surface area contributed by atoms with E-state index in [1.807, 2.05) is 79.0 Å². The third-order valence-electron chi connectivity index (χ3n) is 11.4. The monoisotopic (exact) mass is 938 g/mol. The van der Waals surface area contributed by atoms with Gasteiger partial charge in [0, 0.05) is 6.42 Å². The van der Waals surface area contributed by atoms with Crippen molar-refractivity contribution in [2.45, 2.75) is 217 Å². The molecule has 0 spiro atoms. The van der Waals surface area contributed by atoms with Crippen LogP contribution in [-0.2, 0) is 23.8 Å². The van der Waals surface area contributed by atoms with Crippen molar-refractivity contribution in [3.8, 4) is 0 Å². The minimum atomic E-state index is -1.65. The summed E-state index contributed by atoms with van der Waals surface area (Å²) in [5, 5.41) is 56.5. The molecule has 1 amide bonds. The molecule has 0 saturated carbocycles. The molecule has 1 rings (SSSR count). The van der Waals surface area contributed by atoms with Crippen molar-refractivity contribution >= 4 is 11.9 Å². The molecule has 1 aliphatic heterocycles. The van der Waals surface area contributed by atoms with E-state index >= 15 is 0 Å². The van der Waals surface area contributed by atoms with Crippen LogP contribution in [-0.4, -0.2) is 99.6 Å². The predicted molar refractivity (Wildman–Crippen MR) is 273 cm³/mol. The highest BCUT2D eigenvalue weighted by molar-refractivity contribution is 5.80. The van der Waals surface area contributed by atoms with E-state index < -0.39 is 67.4 Å². The first-order chi connectivity index (χ1) is 32.7. The maximum atomic E-state index is 13.3. The van der Waals surface area contributed by atoms with E-state index in [9.17, 15) is 35.1 Å². The zero-order chi connectivity index (χ0) is 49.0. The topological polar surface area (TPSA) is 175 Å². The number of nitrogens with one attached hydrogen (secondary N) is 1. The summed E-state index contributed by atoms with van der Waals surface area (Å²) >= 11 is 0. The van der Waals surface area contributed by atoms with Gasteiger partial charge in [-0.05, 0) is 57.8 Å². The molecule has 8 atom stereocenters. The van der Waals surface area contributed by atoms with E-state index in [0.29, 0.717) is 19.3 Å². The first-order valence-electron chi connectivity index (χ1n) is 25.8. The van der Waals surface area contributed by atoms with Crippen LogP contribution in [0.3, 0.4) is 0 Å². The number of aliphatic hydroxyl groups is 5. The van der Waals surface area contributed by atoms with Crippen LogP contribution in [0.15, 0.2) is 109 Å². The number of rotatable bonds is 40. The van der Waals surface area contributed by atoms with Crippen LogP contribution in [0.25, 0.3) is 0 Å². The van der Waals surface area contributed by atoms with E-state index in [4.69, 9.17) is 14.2 Å². The predicted octanol–water partition coefficient (Wildman–Crippen LogP) is 10.6. The summed E-state index contributed by atoms with van der Waals surface area (Å²) in [6.07, 6.45) is 47.2. The summed E-state index contributed by atoms with van der Waals surface area (Å²) in [6, 6.07) is -1.05. The quantitative estimate of drug-likeness (QED) is 0.0150. The van der Waals surface area contributed by atoms with Crippen molar-refractivity contribution in [2.24, 2.45) is 0 Å². The first-order valence-corrected chi connectivity index (χ1v) is 25.8. The van der Waals surface area contributed by atoms with E-state index in [1.54, 1.807) is 6.08 Å². The summed E-state index contributed by atoms with van der Waals surface area (Å²) in [7, 11) is 0. The van der Waals surface area contributed by atoms with E-state index in [0.717, 1.165) is 77.0 Å². The first kappa shape index (κ1) is 61.3. The molecule has 0 radical (unpaired) electrons. The lowest BCUT2D eigenvalue weighted by atomic mass is 9.99. The van der Waals surface area contributed by atoms with Crippen LogP contribution in [0.1, 0.15) is 168 Å². The SMILES string of the molecule is CC/C=C/C=C/C=C\C=C/C=C/CCCC(=O)OC1C(OCC(NC(=O)C(O)CCCCCCCC/C=C/C=C/C=C/CC)C(O)/C=C/CCCCCCCCCCC)OC(CO)C(O)C1O. The van der Waals surface area contributed by atoms with Gasteiger partial charge < -0.3 is 45.1 Å². The van der Waals surface area contributed by atoms with Crippen LogP contribution in [0, 0.1) is 0 Å². The Bertz CT molecular complexity index is 1500. The Morgan fingerprint density at radius 2 is 1.07 bits per heavy atom. The number of unbranched alkanes of at least 4 members (excludes halogenated alkanes) is 16. The number of ether oxygens (including phenoxy) is 3. The molecule has 67 heavy (non-hydrogen) atoms. The third kappa shape index (κ3) is 32.7. The number of amides is 1. The van der Waals surface area contributed by atoms with Crippen LogP contribution in [0.4, 0.5) is 0 Å². The Kier molecular flexibility index (Phi) is 39.9. The number of aliphatic hydroxyl groups excluding tert-OH is 5. The minimum Gasteiger partial charge on any atom is -0.454 e. The lowest BCUT2D eigenvalue weighted by Crippen LogP contribution is -2.61. The van der Waals surface area contributed by atoms with Crippen molar-refractivity contribution in [3.05, 3.63) is 109 Å². The molecule has 11 nitrogen and oxygen atoms in total.